The number of thiazole rings is 1. The molecule has 3 aromatic rings. The van der Waals surface area contributed by atoms with Crippen LogP contribution in [0.2, 0.25) is 0 Å². The SMILES string of the molecule is Cc1cc(C=O)cc(CN2CCN(c3nc4ccc(I)cc4s3)CC2)c1. The molecule has 0 N–H and O–H groups in total. The molecule has 0 saturated carbocycles. The Morgan fingerprint density at radius 1 is 1.15 bits per heavy atom. The topological polar surface area (TPSA) is 36.4 Å². The second kappa shape index (κ2) is 7.62. The van der Waals surface area contributed by atoms with Crippen molar-refractivity contribution >= 4 is 55.6 Å². The highest BCUT2D eigenvalue weighted by Crippen LogP contribution is 2.30. The number of aryl methyl sites for hydroxylation is 1. The number of benzene rings is 2. The molecule has 2 heterocycles. The number of anilines is 1. The van der Waals surface area contributed by atoms with Crippen molar-refractivity contribution in [2.24, 2.45) is 0 Å². The highest BCUT2D eigenvalue weighted by molar-refractivity contribution is 14.1. The van der Waals surface area contributed by atoms with Gasteiger partial charge in [-0.25, -0.2) is 4.98 Å². The molecule has 1 aliphatic rings. The number of hydrogen-bond acceptors (Lipinski definition) is 5. The van der Waals surface area contributed by atoms with Crippen LogP contribution in [0, 0.1) is 10.5 Å². The van der Waals surface area contributed by atoms with Crippen molar-refractivity contribution in [1.29, 1.82) is 0 Å². The number of fused-ring (bicyclic) bond motifs is 1. The van der Waals surface area contributed by atoms with Gasteiger partial charge in [0.1, 0.15) is 6.29 Å². The molecule has 0 radical (unpaired) electrons. The van der Waals surface area contributed by atoms with Crippen molar-refractivity contribution in [3.8, 4) is 0 Å². The molecule has 2 aromatic carbocycles. The van der Waals surface area contributed by atoms with Gasteiger partial charge in [0, 0.05) is 41.9 Å². The maximum atomic E-state index is 11.1. The van der Waals surface area contributed by atoms with E-state index in [1.54, 1.807) is 11.3 Å². The Hall–Kier alpha value is -1.51. The number of aldehydes is 1. The summed E-state index contributed by atoms with van der Waals surface area (Å²) in [6.45, 7) is 6.94. The first kappa shape index (κ1) is 17.9. The van der Waals surface area contributed by atoms with E-state index in [1.165, 1.54) is 13.8 Å². The number of nitrogens with zero attached hydrogens (tertiary/aromatic N) is 3. The molecule has 26 heavy (non-hydrogen) atoms. The van der Waals surface area contributed by atoms with E-state index in [-0.39, 0.29) is 0 Å². The lowest BCUT2D eigenvalue weighted by Crippen LogP contribution is -2.45. The number of hydrogen-bond donors (Lipinski definition) is 0. The fraction of sp³-hybridized carbons (Fsp3) is 0.300. The van der Waals surface area contributed by atoms with E-state index >= 15 is 0 Å². The molecule has 1 fully saturated rings. The smallest absolute Gasteiger partial charge is 0.186 e. The summed E-state index contributed by atoms with van der Waals surface area (Å²) >= 11 is 4.13. The van der Waals surface area contributed by atoms with Gasteiger partial charge in [-0.05, 0) is 65.4 Å². The van der Waals surface area contributed by atoms with Crippen LogP contribution in [0.5, 0.6) is 0 Å². The minimum atomic E-state index is 0.766. The Kier molecular flexibility index (Phi) is 5.24. The Morgan fingerprint density at radius 3 is 2.73 bits per heavy atom. The highest BCUT2D eigenvalue weighted by atomic mass is 127. The summed E-state index contributed by atoms with van der Waals surface area (Å²) in [5.74, 6) is 0. The fourth-order valence-electron chi connectivity index (χ4n) is 3.43. The van der Waals surface area contributed by atoms with Crippen LogP contribution in [-0.4, -0.2) is 42.3 Å². The van der Waals surface area contributed by atoms with Crippen molar-refractivity contribution in [2.45, 2.75) is 13.5 Å². The van der Waals surface area contributed by atoms with Crippen molar-refractivity contribution in [3.05, 3.63) is 56.7 Å². The summed E-state index contributed by atoms with van der Waals surface area (Å²) in [7, 11) is 0. The largest absolute Gasteiger partial charge is 0.345 e. The molecular formula is C20H20IN3OS. The Bertz CT molecular complexity index is 947. The third-order valence-electron chi connectivity index (χ3n) is 4.68. The summed E-state index contributed by atoms with van der Waals surface area (Å²) in [6.07, 6.45) is 0.933. The van der Waals surface area contributed by atoms with Crippen LogP contribution in [0.3, 0.4) is 0 Å². The van der Waals surface area contributed by atoms with Gasteiger partial charge < -0.3 is 4.90 Å². The quantitative estimate of drug-likeness (QED) is 0.414. The summed E-state index contributed by atoms with van der Waals surface area (Å²) in [5.41, 5.74) is 4.22. The normalized spacial score (nSPS) is 15.5. The Labute approximate surface area is 171 Å². The Balaban J connectivity index is 1.42. The number of piperazine rings is 1. The third kappa shape index (κ3) is 3.92. The number of halogens is 1. The molecule has 1 saturated heterocycles. The first-order valence-corrected chi connectivity index (χ1v) is 10.6. The average molecular weight is 477 g/mol. The van der Waals surface area contributed by atoms with Gasteiger partial charge in [0.05, 0.1) is 10.2 Å². The standard InChI is InChI=1S/C20H20IN3OS/c1-14-8-15(10-16(9-14)13-25)12-23-4-6-24(7-5-23)20-22-18-3-2-17(21)11-19(18)26-20/h2-3,8-11,13H,4-7,12H2,1H3. The first-order valence-electron chi connectivity index (χ1n) is 8.70. The molecule has 4 rings (SSSR count). The molecule has 1 aliphatic heterocycles. The predicted octanol–water partition coefficient (Wildman–Crippen LogP) is 4.34. The van der Waals surface area contributed by atoms with Gasteiger partial charge >= 0.3 is 0 Å². The fourth-order valence-corrected chi connectivity index (χ4v) is 5.19. The summed E-state index contributed by atoms with van der Waals surface area (Å²) in [5, 5.41) is 1.13. The van der Waals surface area contributed by atoms with Crippen molar-refractivity contribution in [3.63, 3.8) is 0 Å². The van der Waals surface area contributed by atoms with Crippen LogP contribution in [0.25, 0.3) is 10.2 Å². The zero-order chi connectivity index (χ0) is 18.1. The molecule has 0 atom stereocenters. The molecule has 1 aromatic heterocycles. The molecule has 0 bridgehead atoms. The van der Waals surface area contributed by atoms with Gasteiger partial charge in [-0.3, -0.25) is 9.69 Å². The minimum Gasteiger partial charge on any atom is -0.345 e. The molecule has 0 aliphatic carbocycles. The van der Waals surface area contributed by atoms with Gasteiger partial charge in [0.15, 0.2) is 5.13 Å². The number of carbonyl (C=O) groups excluding carboxylic acids is 1. The van der Waals surface area contributed by atoms with E-state index in [2.05, 4.69) is 56.7 Å². The summed E-state index contributed by atoms with van der Waals surface area (Å²) in [6, 6.07) is 12.5. The first-order chi connectivity index (χ1) is 12.6. The van der Waals surface area contributed by atoms with Gasteiger partial charge in [-0.2, -0.15) is 0 Å². The lowest BCUT2D eigenvalue weighted by molar-refractivity contribution is 0.112. The molecule has 0 unspecified atom stereocenters. The number of rotatable bonds is 4. The second-order valence-electron chi connectivity index (χ2n) is 6.74. The summed E-state index contributed by atoms with van der Waals surface area (Å²) < 4.78 is 2.51. The number of aromatic nitrogens is 1. The lowest BCUT2D eigenvalue weighted by atomic mass is 10.1. The molecule has 134 valence electrons. The van der Waals surface area contributed by atoms with Crippen LogP contribution < -0.4 is 4.90 Å². The molecular weight excluding hydrogens is 457 g/mol. The van der Waals surface area contributed by atoms with E-state index in [0.29, 0.717) is 0 Å². The zero-order valence-electron chi connectivity index (χ0n) is 14.6. The van der Waals surface area contributed by atoms with Crippen molar-refractivity contribution < 1.29 is 4.79 Å². The van der Waals surface area contributed by atoms with Gasteiger partial charge in [-0.15, -0.1) is 0 Å². The average Bonchev–Trinajstić information content (AvgIpc) is 3.05. The maximum Gasteiger partial charge on any atom is 0.186 e. The summed E-state index contributed by atoms with van der Waals surface area (Å²) in [4.78, 5) is 20.7. The molecule has 0 spiro atoms. The second-order valence-corrected chi connectivity index (χ2v) is 9.00. The zero-order valence-corrected chi connectivity index (χ0v) is 17.6. The van der Waals surface area contributed by atoms with Gasteiger partial charge in [-0.1, -0.05) is 23.0 Å². The van der Waals surface area contributed by atoms with E-state index in [4.69, 9.17) is 4.98 Å². The monoisotopic (exact) mass is 477 g/mol. The maximum absolute atomic E-state index is 11.1. The van der Waals surface area contributed by atoms with Crippen LogP contribution in [0.4, 0.5) is 5.13 Å². The third-order valence-corrected chi connectivity index (χ3v) is 6.43. The van der Waals surface area contributed by atoms with Crippen molar-refractivity contribution in [1.82, 2.24) is 9.88 Å². The van der Waals surface area contributed by atoms with E-state index in [0.717, 1.165) is 60.8 Å². The molecule has 0 amide bonds. The van der Waals surface area contributed by atoms with Crippen molar-refractivity contribution in [2.75, 3.05) is 31.1 Å². The lowest BCUT2D eigenvalue weighted by Gasteiger charge is -2.34. The van der Waals surface area contributed by atoms with E-state index in [9.17, 15) is 4.79 Å². The van der Waals surface area contributed by atoms with Crippen LogP contribution in [0.1, 0.15) is 21.5 Å². The van der Waals surface area contributed by atoms with E-state index < -0.39 is 0 Å². The van der Waals surface area contributed by atoms with E-state index in [1.807, 2.05) is 19.1 Å². The predicted molar refractivity (Wildman–Crippen MR) is 116 cm³/mol. The molecule has 6 heteroatoms. The van der Waals surface area contributed by atoms with Gasteiger partial charge in [0.2, 0.25) is 0 Å². The minimum absolute atomic E-state index is 0.766. The Morgan fingerprint density at radius 2 is 1.96 bits per heavy atom. The highest BCUT2D eigenvalue weighted by Gasteiger charge is 2.20. The van der Waals surface area contributed by atoms with Gasteiger partial charge in [0.25, 0.3) is 0 Å². The molecule has 4 nitrogen and oxygen atoms in total. The number of carbonyl (C=O) groups is 1. The van der Waals surface area contributed by atoms with Crippen LogP contribution >= 0.6 is 33.9 Å². The van der Waals surface area contributed by atoms with Crippen LogP contribution in [0.15, 0.2) is 36.4 Å². The van der Waals surface area contributed by atoms with Crippen LogP contribution in [-0.2, 0) is 6.54 Å².